The maximum Gasteiger partial charge on any atom is 0.407 e. The SMILES string of the molecule is N#CC(COc1ccc(-c2ccccc2)cc1)C(F)(F)F. The first-order valence-corrected chi connectivity index (χ1v) is 6.25. The third kappa shape index (κ3) is 3.99. The summed E-state index contributed by atoms with van der Waals surface area (Å²) in [5.74, 6) is -1.81. The van der Waals surface area contributed by atoms with E-state index in [0.29, 0.717) is 5.75 Å². The van der Waals surface area contributed by atoms with E-state index in [0.717, 1.165) is 11.1 Å². The van der Waals surface area contributed by atoms with Gasteiger partial charge in [0.2, 0.25) is 0 Å². The van der Waals surface area contributed by atoms with E-state index < -0.39 is 18.7 Å². The van der Waals surface area contributed by atoms with E-state index in [4.69, 9.17) is 10.00 Å². The van der Waals surface area contributed by atoms with Crippen LogP contribution >= 0.6 is 0 Å². The Balaban J connectivity index is 2.02. The number of halogens is 3. The average Bonchev–Trinajstić information content (AvgIpc) is 2.48. The molecule has 2 rings (SSSR count). The van der Waals surface area contributed by atoms with Gasteiger partial charge in [-0.25, -0.2) is 0 Å². The summed E-state index contributed by atoms with van der Waals surface area (Å²) >= 11 is 0. The molecule has 0 N–H and O–H groups in total. The number of benzene rings is 2. The van der Waals surface area contributed by atoms with Crippen LogP contribution in [-0.2, 0) is 0 Å². The Morgan fingerprint density at radius 2 is 1.52 bits per heavy atom. The van der Waals surface area contributed by atoms with Crippen molar-refractivity contribution in [2.75, 3.05) is 6.61 Å². The Labute approximate surface area is 120 Å². The molecule has 1 atom stereocenters. The molecule has 0 bridgehead atoms. The lowest BCUT2D eigenvalue weighted by molar-refractivity contribution is -0.165. The van der Waals surface area contributed by atoms with Gasteiger partial charge in [0.25, 0.3) is 0 Å². The van der Waals surface area contributed by atoms with Gasteiger partial charge >= 0.3 is 6.18 Å². The molecule has 0 spiro atoms. The Kier molecular flexibility index (Phi) is 4.49. The van der Waals surface area contributed by atoms with Gasteiger partial charge < -0.3 is 4.74 Å². The zero-order valence-corrected chi connectivity index (χ0v) is 11.0. The van der Waals surface area contributed by atoms with Crippen LogP contribution in [0.15, 0.2) is 54.6 Å². The molecule has 21 heavy (non-hydrogen) atoms. The topological polar surface area (TPSA) is 33.0 Å². The van der Waals surface area contributed by atoms with E-state index in [1.807, 2.05) is 30.3 Å². The van der Waals surface area contributed by atoms with Crippen LogP contribution in [-0.4, -0.2) is 12.8 Å². The number of hydrogen-bond acceptors (Lipinski definition) is 2. The lowest BCUT2D eigenvalue weighted by atomic mass is 10.1. The largest absolute Gasteiger partial charge is 0.492 e. The molecule has 0 aromatic heterocycles. The lowest BCUT2D eigenvalue weighted by Gasteiger charge is -2.14. The third-order valence-corrected chi connectivity index (χ3v) is 2.93. The summed E-state index contributed by atoms with van der Waals surface area (Å²) in [6, 6.07) is 17.5. The highest BCUT2D eigenvalue weighted by Crippen LogP contribution is 2.27. The van der Waals surface area contributed by atoms with Crippen molar-refractivity contribution in [1.29, 1.82) is 5.26 Å². The third-order valence-electron chi connectivity index (χ3n) is 2.93. The van der Waals surface area contributed by atoms with Crippen molar-refractivity contribution in [2.45, 2.75) is 6.18 Å². The minimum absolute atomic E-state index is 0.305. The molecule has 108 valence electrons. The van der Waals surface area contributed by atoms with Crippen LogP contribution in [0.5, 0.6) is 5.75 Å². The molecule has 2 aromatic carbocycles. The quantitative estimate of drug-likeness (QED) is 0.834. The van der Waals surface area contributed by atoms with Gasteiger partial charge in [-0.2, -0.15) is 18.4 Å². The minimum Gasteiger partial charge on any atom is -0.492 e. The van der Waals surface area contributed by atoms with Crippen LogP contribution < -0.4 is 4.74 Å². The summed E-state index contributed by atoms with van der Waals surface area (Å²) in [7, 11) is 0. The van der Waals surface area contributed by atoms with E-state index in [2.05, 4.69) is 0 Å². The van der Waals surface area contributed by atoms with Gasteiger partial charge in [-0.15, -0.1) is 0 Å². The van der Waals surface area contributed by atoms with Crippen LogP contribution in [0, 0.1) is 17.2 Å². The van der Waals surface area contributed by atoms with Gasteiger partial charge in [-0.05, 0) is 23.3 Å². The molecule has 0 aliphatic rings. The van der Waals surface area contributed by atoms with Gasteiger partial charge in [0.1, 0.15) is 12.4 Å². The zero-order valence-electron chi connectivity index (χ0n) is 11.0. The number of alkyl halides is 3. The summed E-state index contributed by atoms with van der Waals surface area (Å²) in [6.45, 7) is -0.704. The molecule has 0 amide bonds. The molecular weight excluding hydrogens is 279 g/mol. The molecule has 0 radical (unpaired) electrons. The van der Waals surface area contributed by atoms with Crippen LogP contribution in [0.3, 0.4) is 0 Å². The Hall–Kier alpha value is -2.48. The van der Waals surface area contributed by atoms with E-state index in [9.17, 15) is 13.2 Å². The number of ether oxygens (including phenoxy) is 1. The van der Waals surface area contributed by atoms with Crippen LogP contribution in [0.4, 0.5) is 13.2 Å². The first-order valence-electron chi connectivity index (χ1n) is 6.25. The van der Waals surface area contributed by atoms with Gasteiger partial charge in [-0.1, -0.05) is 42.5 Å². The second kappa shape index (κ2) is 6.31. The fourth-order valence-corrected chi connectivity index (χ4v) is 1.76. The Morgan fingerprint density at radius 1 is 0.952 bits per heavy atom. The van der Waals surface area contributed by atoms with Crippen LogP contribution in [0.25, 0.3) is 11.1 Å². The Morgan fingerprint density at radius 3 is 2.05 bits per heavy atom. The smallest absolute Gasteiger partial charge is 0.407 e. The predicted octanol–water partition coefficient (Wildman–Crippen LogP) is 4.43. The number of rotatable bonds is 4. The lowest BCUT2D eigenvalue weighted by Crippen LogP contribution is -2.27. The molecule has 1 unspecified atom stereocenters. The molecule has 0 aliphatic heterocycles. The van der Waals surface area contributed by atoms with E-state index in [-0.39, 0.29) is 0 Å². The molecule has 0 heterocycles. The minimum atomic E-state index is -4.57. The van der Waals surface area contributed by atoms with Gasteiger partial charge in [-0.3, -0.25) is 0 Å². The fourth-order valence-electron chi connectivity index (χ4n) is 1.76. The van der Waals surface area contributed by atoms with Gasteiger partial charge in [0.05, 0.1) is 6.07 Å². The standard InChI is InChI=1S/C16H12F3NO/c17-16(18,19)14(10-20)11-21-15-8-6-13(7-9-15)12-4-2-1-3-5-12/h1-9,14H,11H2. The van der Waals surface area contributed by atoms with E-state index in [1.54, 1.807) is 24.3 Å². The van der Waals surface area contributed by atoms with Crippen LogP contribution in [0.1, 0.15) is 0 Å². The summed E-state index contributed by atoms with van der Waals surface area (Å²) in [6.07, 6.45) is -4.57. The average molecular weight is 291 g/mol. The number of nitrogens with zero attached hydrogens (tertiary/aromatic N) is 1. The summed E-state index contributed by atoms with van der Waals surface area (Å²) < 4.78 is 42.3. The van der Waals surface area contributed by atoms with Crippen molar-refractivity contribution in [2.24, 2.45) is 5.92 Å². The monoisotopic (exact) mass is 291 g/mol. The maximum absolute atomic E-state index is 12.4. The van der Waals surface area contributed by atoms with Crippen molar-refractivity contribution in [1.82, 2.24) is 0 Å². The van der Waals surface area contributed by atoms with Crippen molar-refractivity contribution in [3.63, 3.8) is 0 Å². The molecule has 0 saturated heterocycles. The van der Waals surface area contributed by atoms with Gasteiger partial charge in [0.15, 0.2) is 5.92 Å². The molecule has 0 aliphatic carbocycles. The second-order valence-electron chi connectivity index (χ2n) is 4.42. The van der Waals surface area contributed by atoms with E-state index in [1.165, 1.54) is 6.07 Å². The normalized spacial score (nSPS) is 12.5. The number of hydrogen-bond donors (Lipinski definition) is 0. The van der Waals surface area contributed by atoms with Crippen molar-refractivity contribution in [3.8, 4) is 22.9 Å². The van der Waals surface area contributed by atoms with Gasteiger partial charge in [0, 0.05) is 0 Å². The van der Waals surface area contributed by atoms with Crippen LogP contribution in [0.2, 0.25) is 0 Å². The highest BCUT2D eigenvalue weighted by Gasteiger charge is 2.40. The summed E-state index contributed by atoms with van der Waals surface area (Å²) in [5.41, 5.74) is 1.95. The first-order chi connectivity index (χ1) is 10.0. The van der Waals surface area contributed by atoms with Crippen molar-refractivity contribution >= 4 is 0 Å². The summed E-state index contributed by atoms with van der Waals surface area (Å²) in [5, 5.41) is 8.48. The highest BCUT2D eigenvalue weighted by molar-refractivity contribution is 5.63. The molecule has 0 saturated carbocycles. The van der Waals surface area contributed by atoms with Crippen molar-refractivity contribution in [3.05, 3.63) is 54.6 Å². The van der Waals surface area contributed by atoms with E-state index >= 15 is 0 Å². The molecular formula is C16H12F3NO. The zero-order chi connectivity index (χ0) is 15.3. The first kappa shape index (κ1) is 14.9. The highest BCUT2D eigenvalue weighted by atomic mass is 19.4. The maximum atomic E-state index is 12.4. The molecule has 2 aromatic rings. The Bertz CT molecular complexity index is 615. The second-order valence-corrected chi connectivity index (χ2v) is 4.42. The molecule has 5 heteroatoms. The fraction of sp³-hybridized carbons (Fsp3) is 0.188. The molecule has 0 fully saturated rings. The summed E-state index contributed by atoms with van der Waals surface area (Å²) in [4.78, 5) is 0. The van der Waals surface area contributed by atoms with Crippen molar-refractivity contribution < 1.29 is 17.9 Å². The number of nitriles is 1. The molecule has 2 nitrogen and oxygen atoms in total. The predicted molar refractivity (Wildman–Crippen MR) is 72.5 cm³/mol.